The fourth-order valence-electron chi connectivity index (χ4n) is 7.61. The molecule has 228 valence electrons. The summed E-state index contributed by atoms with van der Waals surface area (Å²) in [6, 6.07) is 61.6. The molecule has 0 spiro atoms. The zero-order valence-corrected chi connectivity index (χ0v) is 27.4. The third-order valence-corrected chi connectivity index (χ3v) is 11.1. The average molecular weight is 640 g/mol. The SMILES string of the molecule is c1ccc(-c2c3ccccc3c(-c3ccc(-c4ccc(-c5ccc6sc7ccc8ccccc8c7c6c5)cc4)cn3)c3ccccc23)cc1. The molecule has 2 aromatic heterocycles. The molecule has 2 heteroatoms. The molecule has 0 unspecified atom stereocenters. The Morgan fingerprint density at radius 1 is 0.347 bits per heavy atom. The summed E-state index contributed by atoms with van der Waals surface area (Å²) in [5, 5.41) is 10.2. The quantitative estimate of drug-likeness (QED) is 0.175. The van der Waals surface area contributed by atoms with Crippen molar-refractivity contribution in [1.29, 1.82) is 0 Å². The fraction of sp³-hybridized carbons (Fsp3) is 0. The van der Waals surface area contributed by atoms with E-state index in [0.29, 0.717) is 0 Å². The molecule has 0 aliphatic heterocycles. The first-order valence-electron chi connectivity index (χ1n) is 16.7. The normalized spacial score (nSPS) is 11.7. The Hall–Kier alpha value is -6.09. The molecule has 2 heterocycles. The number of hydrogen-bond donors (Lipinski definition) is 0. The molecule has 0 amide bonds. The van der Waals surface area contributed by atoms with Crippen LogP contribution >= 0.6 is 11.3 Å². The van der Waals surface area contributed by atoms with E-state index in [0.717, 1.165) is 16.8 Å². The Morgan fingerprint density at radius 3 is 1.57 bits per heavy atom. The van der Waals surface area contributed by atoms with Crippen LogP contribution in [0.2, 0.25) is 0 Å². The van der Waals surface area contributed by atoms with Crippen LogP contribution in [-0.2, 0) is 0 Å². The maximum absolute atomic E-state index is 5.09. The number of thiophene rings is 1. The van der Waals surface area contributed by atoms with Gasteiger partial charge < -0.3 is 0 Å². The fourth-order valence-corrected chi connectivity index (χ4v) is 8.72. The van der Waals surface area contributed by atoms with Crippen molar-refractivity contribution in [2.24, 2.45) is 0 Å². The van der Waals surface area contributed by atoms with E-state index in [4.69, 9.17) is 4.98 Å². The molecule has 0 aliphatic carbocycles. The second kappa shape index (κ2) is 11.3. The Balaban J connectivity index is 1.03. The molecule has 49 heavy (non-hydrogen) atoms. The average Bonchev–Trinajstić information content (AvgIpc) is 3.56. The molecular weight excluding hydrogens is 611 g/mol. The summed E-state index contributed by atoms with van der Waals surface area (Å²) in [5.41, 5.74) is 9.37. The number of rotatable bonds is 4. The third kappa shape index (κ3) is 4.57. The van der Waals surface area contributed by atoms with Crippen LogP contribution in [0.15, 0.2) is 176 Å². The van der Waals surface area contributed by atoms with E-state index in [1.807, 2.05) is 17.5 Å². The zero-order chi connectivity index (χ0) is 32.3. The molecule has 0 saturated heterocycles. The molecule has 8 aromatic carbocycles. The number of benzene rings is 8. The van der Waals surface area contributed by atoms with Crippen molar-refractivity contribution in [2.45, 2.75) is 0 Å². The van der Waals surface area contributed by atoms with Gasteiger partial charge in [0.1, 0.15) is 0 Å². The molecule has 0 aliphatic rings. The van der Waals surface area contributed by atoms with Gasteiger partial charge in [0.15, 0.2) is 0 Å². The zero-order valence-electron chi connectivity index (χ0n) is 26.6. The largest absolute Gasteiger partial charge is 0.256 e. The predicted molar refractivity (Wildman–Crippen MR) is 211 cm³/mol. The van der Waals surface area contributed by atoms with Gasteiger partial charge in [0, 0.05) is 37.5 Å². The van der Waals surface area contributed by atoms with Crippen molar-refractivity contribution < 1.29 is 0 Å². The number of hydrogen-bond acceptors (Lipinski definition) is 2. The summed E-state index contributed by atoms with van der Waals surface area (Å²) in [7, 11) is 0. The lowest BCUT2D eigenvalue weighted by Crippen LogP contribution is -1.92. The summed E-state index contributed by atoms with van der Waals surface area (Å²) >= 11 is 1.87. The molecule has 10 aromatic rings. The maximum atomic E-state index is 5.09. The van der Waals surface area contributed by atoms with Gasteiger partial charge in [-0.3, -0.25) is 4.98 Å². The smallest absolute Gasteiger partial charge is 0.0714 e. The van der Waals surface area contributed by atoms with Gasteiger partial charge in [-0.2, -0.15) is 0 Å². The lowest BCUT2D eigenvalue weighted by atomic mass is 9.87. The molecule has 10 rings (SSSR count). The standard InChI is InChI=1S/C47H29NS/c1-2-11-33(12-3-1)45-37-14-6-8-16-39(37)46(40-17-9-7-15-38(40)45)42-25-22-35(29-48-42)31-20-18-30(19-21-31)34-24-26-43-41(28-34)47-36-13-5-4-10-32(36)23-27-44(47)49-43/h1-29H. The summed E-state index contributed by atoms with van der Waals surface area (Å²) in [5.74, 6) is 0. The summed E-state index contributed by atoms with van der Waals surface area (Å²) < 4.78 is 2.67. The number of nitrogens with zero attached hydrogens (tertiary/aromatic N) is 1. The van der Waals surface area contributed by atoms with Gasteiger partial charge in [-0.15, -0.1) is 11.3 Å². The van der Waals surface area contributed by atoms with Crippen LogP contribution in [0.25, 0.3) is 97.1 Å². The van der Waals surface area contributed by atoms with Gasteiger partial charge in [0.2, 0.25) is 0 Å². The minimum atomic E-state index is 0.983. The number of aromatic nitrogens is 1. The first-order valence-corrected chi connectivity index (χ1v) is 17.5. The molecule has 1 nitrogen and oxygen atoms in total. The van der Waals surface area contributed by atoms with Gasteiger partial charge in [-0.1, -0.05) is 146 Å². The van der Waals surface area contributed by atoms with Gasteiger partial charge in [0.05, 0.1) is 5.69 Å². The van der Waals surface area contributed by atoms with Crippen molar-refractivity contribution in [2.75, 3.05) is 0 Å². The van der Waals surface area contributed by atoms with E-state index in [1.165, 1.54) is 80.3 Å². The third-order valence-electron chi connectivity index (χ3n) is 9.92. The Morgan fingerprint density at radius 2 is 0.898 bits per heavy atom. The van der Waals surface area contributed by atoms with E-state index in [9.17, 15) is 0 Å². The lowest BCUT2D eigenvalue weighted by molar-refractivity contribution is 1.34. The molecule has 0 bridgehead atoms. The number of fused-ring (bicyclic) bond motifs is 7. The summed E-state index contributed by atoms with van der Waals surface area (Å²) in [6.45, 7) is 0. The molecule has 0 fully saturated rings. The van der Waals surface area contributed by atoms with Crippen LogP contribution in [0.1, 0.15) is 0 Å². The second-order valence-electron chi connectivity index (χ2n) is 12.7. The van der Waals surface area contributed by atoms with Crippen LogP contribution in [0.4, 0.5) is 0 Å². The van der Waals surface area contributed by atoms with Crippen LogP contribution in [0, 0.1) is 0 Å². The monoisotopic (exact) mass is 639 g/mol. The van der Waals surface area contributed by atoms with Crippen LogP contribution < -0.4 is 0 Å². The Labute approximate surface area is 288 Å². The molecule has 0 radical (unpaired) electrons. The minimum Gasteiger partial charge on any atom is -0.256 e. The molecular formula is C47H29NS. The van der Waals surface area contributed by atoms with E-state index < -0.39 is 0 Å². The topological polar surface area (TPSA) is 12.9 Å². The maximum Gasteiger partial charge on any atom is 0.0714 e. The highest BCUT2D eigenvalue weighted by molar-refractivity contribution is 7.26. The molecule has 0 atom stereocenters. The van der Waals surface area contributed by atoms with Crippen molar-refractivity contribution in [1.82, 2.24) is 4.98 Å². The highest BCUT2D eigenvalue weighted by Gasteiger charge is 2.17. The van der Waals surface area contributed by atoms with Crippen LogP contribution in [-0.4, -0.2) is 4.98 Å². The first-order chi connectivity index (χ1) is 24.3. The van der Waals surface area contributed by atoms with E-state index in [2.05, 4.69) is 170 Å². The van der Waals surface area contributed by atoms with Crippen molar-refractivity contribution in [3.63, 3.8) is 0 Å². The van der Waals surface area contributed by atoms with E-state index in [1.54, 1.807) is 0 Å². The number of pyridine rings is 1. The predicted octanol–water partition coefficient (Wildman–Crippen LogP) is 13.6. The highest BCUT2D eigenvalue weighted by Crippen LogP contribution is 2.44. The van der Waals surface area contributed by atoms with Gasteiger partial charge in [0.25, 0.3) is 0 Å². The molecule has 0 saturated carbocycles. The van der Waals surface area contributed by atoms with Crippen LogP contribution in [0.3, 0.4) is 0 Å². The van der Waals surface area contributed by atoms with Gasteiger partial charge in [-0.05, 0) is 84.4 Å². The van der Waals surface area contributed by atoms with Crippen molar-refractivity contribution in [3.8, 4) is 44.6 Å². The second-order valence-corrected chi connectivity index (χ2v) is 13.8. The van der Waals surface area contributed by atoms with Gasteiger partial charge >= 0.3 is 0 Å². The highest BCUT2D eigenvalue weighted by atomic mass is 32.1. The Kier molecular flexibility index (Phi) is 6.43. The van der Waals surface area contributed by atoms with Gasteiger partial charge in [-0.25, -0.2) is 0 Å². The minimum absolute atomic E-state index is 0.983. The van der Waals surface area contributed by atoms with Crippen molar-refractivity contribution in [3.05, 3.63) is 176 Å². The first kappa shape index (κ1) is 28.0. The summed E-state index contributed by atoms with van der Waals surface area (Å²) in [6.07, 6.45) is 2.02. The van der Waals surface area contributed by atoms with E-state index >= 15 is 0 Å². The molecule has 0 N–H and O–H groups in total. The summed E-state index contributed by atoms with van der Waals surface area (Å²) in [4.78, 5) is 5.09. The van der Waals surface area contributed by atoms with E-state index in [-0.39, 0.29) is 0 Å². The lowest BCUT2D eigenvalue weighted by Gasteiger charge is -2.17. The Bertz CT molecular complexity index is 2790. The van der Waals surface area contributed by atoms with Crippen molar-refractivity contribution >= 4 is 63.8 Å². The van der Waals surface area contributed by atoms with Crippen LogP contribution in [0.5, 0.6) is 0 Å².